The molecule has 0 saturated heterocycles. The number of carbonyl (C=O) groups excluding carboxylic acids is 8. The number of H-pyrrole nitrogens is 4. The summed E-state index contributed by atoms with van der Waals surface area (Å²) >= 11 is 0. The summed E-state index contributed by atoms with van der Waals surface area (Å²) in [4.78, 5) is 109. The summed E-state index contributed by atoms with van der Waals surface area (Å²) in [7, 11) is 4.31. The molecule has 8 N–H and O–H groups in total. The van der Waals surface area contributed by atoms with Crippen molar-refractivity contribution >= 4 is 116 Å². The minimum atomic E-state index is -0.995. The quantitative estimate of drug-likeness (QED) is 0.0446. The number of hydrogen-bond donors (Lipinski definition) is 4. The molecule has 0 spiro atoms. The van der Waals surface area contributed by atoms with Crippen LogP contribution in [0.1, 0.15) is 0 Å². The fraction of sp³-hybridized carbons (Fsp3) is 0.0714. The molecule has 2 aliphatic rings. The Morgan fingerprint density at radius 2 is 0.534 bits per heavy atom. The zero-order valence-corrected chi connectivity index (χ0v) is 55.9. The second-order valence-corrected chi connectivity index (χ2v) is 19.9. The van der Waals surface area contributed by atoms with Gasteiger partial charge in [-0.15, -0.1) is 0 Å². The molecule has 0 aliphatic heterocycles. The first kappa shape index (κ1) is 78.5. The number of fused-ring (bicyclic) bond motifs is 2. The van der Waals surface area contributed by atoms with Crippen LogP contribution in [0, 0.1) is 0 Å². The molecule has 444 valence electrons. The van der Waals surface area contributed by atoms with Crippen LogP contribution in [-0.2, 0) is 112 Å². The van der Waals surface area contributed by atoms with Crippen molar-refractivity contribution in [2.45, 2.75) is 0 Å². The number of aromatic nitrogens is 8. The fourth-order valence-electron chi connectivity index (χ4n) is 7.19. The third-order valence-corrected chi connectivity index (χ3v) is 13.5. The summed E-state index contributed by atoms with van der Waals surface area (Å²) in [5.41, 5.74) is 40.8. The van der Waals surface area contributed by atoms with Crippen molar-refractivity contribution in [3.8, 4) is 78.4 Å². The van der Waals surface area contributed by atoms with E-state index in [9.17, 15) is 38.4 Å². The van der Waals surface area contributed by atoms with E-state index in [4.69, 9.17) is 22.9 Å². The van der Waals surface area contributed by atoms with Crippen LogP contribution in [0.3, 0.4) is 0 Å². The second-order valence-electron chi connectivity index (χ2n) is 16.2. The molecule has 0 bridgehead atoms. The van der Waals surface area contributed by atoms with Gasteiger partial charge in [0.15, 0.2) is 0 Å². The third-order valence-electron chi connectivity index (χ3n) is 11.1. The Hall–Kier alpha value is -7.50. The van der Waals surface area contributed by atoms with Gasteiger partial charge in [0.25, 0.3) is 0 Å². The molecule has 4 heterocycles. The smallest absolute Gasteiger partial charge is 0.632 e. The topological polar surface area (TPSA) is 383 Å². The van der Waals surface area contributed by atoms with Gasteiger partial charge in [-0.3, -0.25) is 19.2 Å². The van der Waals surface area contributed by atoms with Gasteiger partial charge in [0, 0.05) is 5.56 Å². The molecule has 4 atom stereocenters. The summed E-state index contributed by atoms with van der Waals surface area (Å²) in [6.07, 6.45) is 2.99. The van der Waals surface area contributed by atoms with Crippen molar-refractivity contribution in [2.24, 2.45) is 0 Å². The average Bonchev–Trinajstić information content (AvgIpc) is 4.38. The van der Waals surface area contributed by atoms with Crippen molar-refractivity contribution in [3.63, 3.8) is 0 Å². The SMILES string of the molecule is COC([NH-])=O.COC([NH-])=O.COC([NH-])=O.COC([NH-])=O.O=[C-]Pc1ncc(-c2ccc(-c3cc4ccc(-c5cnc(P[C-]=O)[nH]5)ccc-4c3)cc2)[nH]1.O=[C-]Pc1ncc(-c2ccc(-c3ccc4cc(-c5cnc(P[C-]=O)[nH]5)ccc4c3)cc2)[nH]1.[V+2].[V+2].[V+2].[V+2]. The normalized spacial score (nSPS) is 10.0. The number of benzene rings is 4. The molecule has 8 aromatic rings. The van der Waals surface area contributed by atoms with Gasteiger partial charge >= 0.3 is 74.2 Å². The molecule has 2 aliphatic carbocycles. The molecule has 4 unspecified atom stereocenters. The molecule has 4 aromatic heterocycles. The maximum absolute atomic E-state index is 10.6. The number of rotatable bonds is 14. The summed E-state index contributed by atoms with van der Waals surface area (Å²) in [6, 6.07) is 49.3. The Balaban J connectivity index is 0.000000651. The Morgan fingerprint density at radius 3 is 0.807 bits per heavy atom. The fourth-order valence-corrected chi connectivity index (χ4v) is 8.88. The van der Waals surface area contributed by atoms with Crippen molar-refractivity contribution in [2.75, 3.05) is 28.4 Å². The number of nitrogens with one attached hydrogen (secondary N) is 8. The van der Waals surface area contributed by atoms with E-state index in [1.807, 2.05) is 66.6 Å². The number of carbonyl (C=O) groups is 4. The standard InChI is InChI=1S/2C24H16N4O2P2.4C2H5NO2.4V/c29-13-31-23-25-11-21(27-23)16-3-1-15(2-4-16)20-9-18-7-5-17(6-8-19(18)10-20)22-12-26-24(28-22)32-14-30;29-13-31-23-25-11-21(27-23)16-3-1-15(2-4-16)17-5-6-19-10-20(8-7-18(19)9-17)22-12-26-24(28-22)32-14-30;4*1-5-2(3)4;;;;/h2*1-12,31-32H,(H,25,27)(H,26,28);4*1H3,(H2,3,4);;;;/q2*-2;;;;;4*+2/p-4. The molecule has 10 rings (SSSR count). The first-order valence-electron chi connectivity index (χ1n) is 23.8. The van der Waals surface area contributed by atoms with E-state index in [0.29, 0.717) is 22.3 Å². The van der Waals surface area contributed by atoms with Crippen LogP contribution in [-0.4, -0.2) is 117 Å². The van der Waals surface area contributed by atoms with Crippen LogP contribution in [0.25, 0.3) is 112 Å². The van der Waals surface area contributed by atoms with Gasteiger partial charge < -0.3 is 81.0 Å². The Kier molecular flexibility index (Phi) is 37.1. The summed E-state index contributed by atoms with van der Waals surface area (Å²) in [5.74, 6) is 0. The van der Waals surface area contributed by atoms with Gasteiger partial charge in [0.1, 0.15) is 0 Å². The first-order chi connectivity index (χ1) is 40.5. The molecule has 4 radical (unpaired) electrons. The average molecular weight is 1410 g/mol. The number of imidazole rings is 4. The van der Waals surface area contributed by atoms with E-state index in [1.54, 1.807) is 24.8 Å². The van der Waals surface area contributed by atoms with E-state index in [1.165, 1.54) is 0 Å². The van der Waals surface area contributed by atoms with E-state index in [0.717, 1.165) is 118 Å². The largest absolute Gasteiger partial charge is 2.00 e. The van der Waals surface area contributed by atoms with Crippen LogP contribution in [0.5, 0.6) is 0 Å². The monoisotopic (exact) mass is 1410 g/mol. The molecule has 24 nitrogen and oxygen atoms in total. The van der Waals surface area contributed by atoms with Gasteiger partial charge in [-0.05, 0) is 85.1 Å². The van der Waals surface area contributed by atoms with Crippen LogP contribution in [0.2, 0.25) is 0 Å². The molecule has 4 aromatic carbocycles. The Bertz CT molecular complexity index is 3570. The van der Waals surface area contributed by atoms with Crippen LogP contribution >= 0.6 is 34.3 Å². The second kappa shape index (κ2) is 41.6. The van der Waals surface area contributed by atoms with E-state index >= 15 is 0 Å². The predicted molar refractivity (Wildman–Crippen MR) is 330 cm³/mol. The van der Waals surface area contributed by atoms with Gasteiger partial charge in [0.05, 0.1) is 98.3 Å². The molecule has 32 heteroatoms. The Morgan fingerprint density at radius 1 is 0.330 bits per heavy atom. The molecule has 4 amide bonds. The molecular weight excluding hydrogens is 1360 g/mol. The molecular formula is C56H48N12O12P4V4. The van der Waals surface area contributed by atoms with Crippen molar-refractivity contribution in [1.82, 2.24) is 39.9 Å². The number of aromatic amines is 4. The summed E-state index contributed by atoms with van der Waals surface area (Å²) in [5, 5.41) is 2.27. The zero-order valence-electron chi connectivity index (χ0n) is 46.3. The third kappa shape index (κ3) is 25.3. The van der Waals surface area contributed by atoms with E-state index in [2.05, 4.69) is 138 Å². The molecule has 88 heavy (non-hydrogen) atoms. The minimum Gasteiger partial charge on any atom is -0.632 e. The van der Waals surface area contributed by atoms with Crippen molar-refractivity contribution in [3.05, 3.63) is 169 Å². The number of hydrogen-bond acceptors (Lipinski definition) is 16. The van der Waals surface area contributed by atoms with Crippen LogP contribution < -0.4 is 22.3 Å². The first-order valence-corrected chi connectivity index (χ1v) is 27.8. The van der Waals surface area contributed by atoms with Gasteiger partial charge in [-0.25, -0.2) is 44.0 Å². The van der Waals surface area contributed by atoms with E-state index < -0.39 is 24.4 Å². The summed E-state index contributed by atoms with van der Waals surface area (Å²) in [6.45, 7) is 0. The van der Waals surface area contributed by atoms with Crippen LogP contribution in [0.15, 0.2) is 146 Å². The van der Waals surface area contributed by atoms with Crippen molar-refractivity contribution in [1.29, 1.82) is 0 Å². The minimum absolute atomic E-state index is 0. The maximum atomic E-state index is 10.6. The van der Waals surface area contributed by atoms with Gasteiger partial charge in [-0.1, -0.05) is 97.1 Å². The van der Waals surface area contributed by atoms with Gasteiger partial charge in [-0.2, -0.15) is 34.3 Å². The van der Waals surface area contributed by atoms with Crippen molar-refractivity contribution < 1.29 is 132 Å². The number of amides is 4. The predicted octanol–water partition coefficient (Wildman–Crippen LogP) is 11.2. The van der Waals surface area contributed by atoms with Crippen LogP contribution in [0.4, 0.5) is 19.2 Å². The number of methoxy groups -OCH3 is 4. The maximum Gasteiger partial charge on any atom is 2.00 e. The molecule has 0 saturated carbocycles. The number of nitrogens with zero attached hydrogens (tertiary/aromatic N) is 4. The van der Waals surface area contributed by atoms with E-state index in [-0.39, 0.29) is 109 Å². The summed E-state index contributed by atoms with van der Waals surface area (Å²) < 4.78 is 15.1. The number of ether oxygens (including phenoxy) is 4. The van der Waals surface area contributed by atoms with Gasteiger partial charge in [0.2, 0.25) is 24.4 Å². The Labute approximate surface area is 558 Å². The zero-order chi connectivity index (χ0) is 61.0. The molecule has 0 fully saturated rings.